The lowest BCUT2D eigenvalue weighted by atomic mass is 10.1. The van der Waals surface area contributed by atoms with Crippen LogP contribution in [0.2, 0.25) is 0 Å². The van der Waals surface area contributed by atoms with Crippen LogP contribution in [0.25, 0.3) is 0 Å². The predicted molar refractivity (Wildman–Crippen MR) is 63.6 cm³/mol. The van der Waals surface area contributed by atoms with E-state index in [0.29, 0.717) is 12.5 Å². The van der Waals surface area contributed by atoms with Crippen molar-refractivity contribution in [3.8, 4) is 0 Å². The molecule has 4 nitrogen and oxygen atoms in total. The van der Waals surface area contributed by atoms with Crippen LogP contribution in [0, 0.1) is 5.92 Å². The number of carbonyl (C=O) groups excluding carboxylic acids is 1. The highest BCUT2D eigenvalue weighted by molar-refractivity contribution is 5.80. The summed E-state index contributed by atoms with van der Waals surface area (Å²) in [4.78, 5) is 13.3. The number of nitrogens with zero attached hydrogens (tertiary/aromatic N) is 1. The molecule has 0 aromatic rings. The van der Waals surface area contributed by atoms with Crippen LogP contribution in [0.5, 0.6) is 0 Å². The maximum absolute atomic E-state index is 11.1. The molecule has 0 fully saturated rings. The van der Waals surface area contributed by atoms with Crippen molar-refractivity contribution < 1.29 is 4.79 Å². The monoisotopic (exact) mass is 215 g/mol. The third kappa shape index (κ3) is 6.47. The van der Waals surface area contributed by atoms with Gasteiger partial charge in [0, 0.05) is 13.1 Å². The van der Waals surface area contributed by atoms with Gasteiger partial charge in [0.1, 0.15) is 0 Å². The smallest absolute Gasteiger partial charge is 0.235 e. The van der Waals surface area contributed by atoms with Crippen LogP contribution in [0.3, 0.4) is 0 Å². The highest BCUT2D eigenvalue weighted by atomic mass is 16.1. The van der Waals surface area contributed by atoms with Crippen LogP contribution >= 0.6 is 0 Å². The molecule has 0 saturated carbocycles. The first-order valence-electron chi connectivity index (χ1n) is 5.72. The van der Waals surface area contributed by atoms with Gasteiger partial charge < -0.3 is 16.0 Å². The number of hydrogen-bond acceptors (Lipinski definition) is 3. The number of nitrogens with two attached hydrogens (primary N) is 1. The average molecular weight is 215 g/mol. The molecule has 0 aromatic carbocycles. The summed E-state index contributed by atoms with van der Waals surface area (Å²) < 4.78 is 0. The molecule has 3 N–H and O–H groups in total. The minimum absolute atomic E-state index is 0.232. The highest BCUT2D eigenvalue weighted by Gasteiger charge is 2.16. The number of carbonyl (C=O) groups is 1. The number of primary amides is 1. The molecule has 0 spiro atoms. The van der Waals surface area contributed by atoms with E-state index in [-0.39, 0.29) is 11.9 Å². The van der Waals surface area contributed by atoms with Crippen LogP contribution in [-0.4, -0.2) is 43.5 Å². The van der Waals surface area contributed by atoms with E-state index in [1.165, 1.54) is 0 Å². The third-order valence-electron chi connectivity index (χ3n) is 2.61. The van der Waals surface area contributed by atoms with E-state index in [0.717, 1.165) is 19.5 Å². The van der Waals surface area contributed by atoms with Crippen molar-refractivity contribution in [1.82, 2.24) is 10.2 Å². The molecule has 0 aliphatic heterocycles. The van der Waals surface area contributed by atoms with E-state index in [4.69, 9.17) is 5.73 Å². The van der Waals surface area contributed by atoms with Crippen LogP contribution in [0.1, 0.15) is 27.2 Å². The normalized spacial score (nSPS) is 15.3. The fourth-order valence-electron chi connectivity index (χ4n) is 1.55. The van der Waals surface area contributed by atoms with Gasteiger partial charge >= 0.3 is 0 Å². The van der Waals surface area contributed by atoms with Crippen molar-refractivity contribution in [3.05, 3.63) is 0 Å². The van der Waals surface area contributed by atoms with E-state index in [9.17, 15) is 4.79 Å². The van der Waals surface area contributed by atoms with Gasteiger partial charge in [-0.05, 0) is 19.5 Å². The molecule has 15 heavy (non-hydrogen) atoms. The van der Waals surface area contributed by atoms with Gasteiger partial charge in [-0.1, -0.05) is 27.2 Å². The van der Waals surface area contributed by atoms with E-state index in [1.54, 1.807) is 0 Å². The number of hydrogen-bond donors (Lipinski definition) is 2. The second kappa shape index (κ2) is 7.65. The largest absolute Gasteiger partial charge is 0.368 e. The van der Waals surface area contributed by atoms with Crippen LogP contribution in [0.15, 0.2) is 0 Å². The Morgan fingerprint density at radius 3 is 2.40 bits per heavy atom. The second-order valence-electron chi connectivity index (χ2n) is 4.25. The SMILES string of the molecule is CCNC(CN(C)CC(C)CC)C(N)=O. The van der Waals surface area contributed by atoms with E-state index >= 15 is 0 Å². The van der Waals surface area contributed by atoms with E-state index < -0.39 is 0 Å². The summed E-state index contributed by atoms with van der Waals surface area (Å²) in [7, 11) is 2.03. The molecule has 0 saturated heterocycles. The van der Waals surface area contributed by atoms with Crippen molar-refractivity contribution in [1.29, 1.82) is 0 Å². The number of likely N-dealkylation sites (N-methyl/N-ethyl adjacent to an activating group) is 2. The molecule has 0 bridgehead atoms. The Kier molecular flexibility index (Phi) is 7.34. The Labute approximate surface area is 93.2 Å². The topological polar surface area (TPSA) is 58.4 Å². The van der Waals surface area contributed by atoms with Crippen molar-refractivity contribution in [2.75, 3.05) is 26.7 Å². The van der Waals surface area contributed by atoms with Gasteiger partial charge in [-0.25, -0.2) is 0 Å². The molecular weight excluding hydrogens is 190 g/mol. The van der Waals surface area contributed by atoms with Crippen LogP contribution in [-0.2, 0) is 4.79 Å². The first kappa shape index (κ1) is 14.4. The molecule has 0 rings (SSSR count). The first-order chi connectivity index (χ1) is 7.01. The molecular formula is C11H25N3O. The first-order valence-corrected chi connectivity index (χ1v) is 5.72. The lowest BCUT2D eigenvalue weighted by Gasteiger charge is -2.24. The maximum Gasteiger partial charge on any atom is 0.235 e. The van der Waals surface area contributed by atoms with Gasteiger partial charge in [-0.2, -0.15) is 0 Å². The third-order valence-corrected chi connectivity index (χ3v) is 2.61. The van der Waals surface area contributed by atoms with Gasteiger partial charge in [0.25, 0.3) is 0 Å². The maximum atomic E-state index is 11.1. The van der Waals surface area contributed by atoms with E-state index in [2.05, 4.69) is 24.1 Å². The average Bonchev–Trinajstić information content (AvgIpc) is 2.16. The summed E-state index contributed by atoms with van der Waals surface area (Å²) >= 11 is 0. The molecule has 90 valence electrons. The Balaban J connectivity index is 3.99. The Hall–Kier alpha value is -0.610. The lowest BCUT2D eigenvalue weighted by Crippen LogP contribution is -2.48. The standard InChI is InChI=1S/C11H25N3O/c1-5-9(3)7-14(4)8-10(11(12)15)13-6-2/h9-10,13H,5-8H2,1-4H3,(H2,12,15). The molecule has 0 heterocycles. The summed E-state index contributed by atoms with van der Waals surface area (Å²) in [6.07, 6.45) is 1.16. The minimum atomic E-state index is -0.271. The fraction of sp³-hybridized carbons (Fsp3) is 0.909. The Morgan fingerprint density at radius 2 is 2.00 bits per heavy atom. The molecule has 0 radical (unpaired) electrons. The number of rotatable bonds is 8. The van der Waals surface area contributed by atoms with Gasteiger partial charge in [0.2, 0.25) is 5.91 Å². The quantitative estimate of drug-likeness (QED) is 0.617. The second-order valence-corrected chi connectivity index (χ2v) is 4.25. The highest BCUT2D eigenvalue weighted by Crippen LogP contribution is 2.02. The van der Waals surface area contributed by atoms with Crippen LogP contribution in [0.4, 0.5) is 0 Å². The fourth-order valence-corrected chi connectivity index (χ4v) is 1.55. The molecule has 2 unspecified atom stereocenters. The van der Waals surface area contributed by atoms with Crippen LogP contribution < -0.4 is 11.1 Å². The van der Waals surface area contributed by atoms with E-state index in [1.807, 2.05) is 14.0 Å². The number of nitrogens with one attached hydrogen (secondary N) is 1. The van der Waals surface area contributed by atoms with Gasteiger partial charge in [0.15, 0.2) is 0 Å². The van der Waals surface area contributed by atoms with Crippen molar-refractivity contribution in [2.24, 2.45) is 11.7 Å². The molecule has 0 aliphatic rings. The molecule has 0 aliphatic carbocycles. The predicted octanol–water partition coefficient (Wildman–Crippen LogP) is 0.428. The van der Waals surface area contributed by atoms with Crippen molar-refractivity contribution in [3.63, 3.8) is 0 Å². The summed E-state index contributed by atoms with van der Waals surface area (Å²) in [5, 5.41) is 3.09. The van der Waals surface area contributed by atoms with Crippen molar-refractivity contribution >= 4 is 5.91 Å². The zero-order valence-electron chi connectivity index (χ0n) is 10.4. The van der Waals surface area contributed by atoms with Gasteiger partial charge in [0.05, 0.1) is 6.04 Å². The summed E-state index contributed by atoms with van der Waals surface area (Å²) in [5.74, 6) is 0.387. The summed E-state index contributed by atoms with van der Waals surface area (Å²) in [5.41, 5.74) is 5.31. The number of amides is 1. The zero-order chi connectivity index (χ0) is 11.8. The Morgan fingerprint density at radius 1 is 1.40 bits per heavy atom. The van der Waals surface area contributed by atoms with Gasteiger partial charge in [-0.3, -0.25) is 4.79 Å². The molecule has 1 amide bonds. The lowest BCUT2D eigenvalue weighted by molar-refractivity contribution is -0.120. The zero-order valence-corrected chi connectivity index (χ0v) is 10.4. The van der Waals surface area contributed by atoms with Crippen molar-refractivity contribution in [2.45, 2.75) is 33.2 Å². The summed E-state index contributed by atoms with van der Waals surface area (Å²) in [6.45, 7) is 8.83. The molecule has 2 atom stereocenters. The van der Waals surface area contributed by atoms with Gasteiger partial charge in [-0.15, -0.1) is 0 Å². The molecule has 4 heteroatoms. The Bertz CT molecular complexity index is 185. The summed E-state index contributed by atoms with van der Waals surface area (Å²) in [6, 6.07) is -0.232. The molecule has 0 aromatic heterocycles. The minimum Gasteiger partial charge on any atom is -0.368 e.